The number of hydrogen-bond acceptors (Lipinski definition) is 3. The molecule has 4 nitrogen and oxygen atoms in total. The first kappa shape index (κ1) is 10.6. The number of nitrogens with zero attached hydrogens (tertiary/aromatic N) is 1. The number of rotatable bonds is 2. The summed E-state index contributed by atoms with van der Waals surface area (Å²) in [5.74, 6) is 5.86. The Bertz CT molecular complexity index is 334. The molecule has 0 bridgehead atoms. The van der Waals surface area contributed by atoms with Crippen molar-refractivity contribution in [2.24, 2.45) is 10.8 Å². The molecule has 74 valence electrons. The normalized spacial score (nSPS) is 10.1. The van der Waals surface area contributed by atoms with Gasteiger partial charge >= 0.3 is 0 Å². The number of methoxy groups -OCH3 is 1. The first-order valence-electron chi connectivity index (χ1n) is 3.95. The Kier molecular flexibility index (Phi) is 4.03. The number of hydrazine groups is 1. The van der Waals surface area contributed by atoms with Gasteiger partial charge in [-0.1, -0.05) is 0 Å². The van der Waals surface area contributed by atoms with Gasteiger partial charge in [0.1, 0.15) is 5.75 Å². The van der Waals surface area contributed by atoms with Gasteiger partial charge in [-0.15, -0.1) is 0 Å². The van der Waals surface area contributed by atoms with E-state index in [4.69, 9.17) is 22.8 Å². The number of nitrogens with one attached hydrogen (secondary N) is 1. The highest BCUT2D eigenvalue weighted by molar-refractivity contribution is 7.80. The SMILES string of the molecule is COc1ccc(C=NC(=S)NN)cc1. The lowest BCUT2D eigenvalue weighted by Crippen LogP contribution is -2.26. The summed E-state index contributed by atoms with van der Waals surface area (Å²) in [7, 11) is 1.62. The molecule has 0 saturated heterocycles. The minimum atomic E-state index is 0.251. The van der Waals surface area contributed by atoms with Crippen molar-refractivity contribution >= 4 is 23.5 Å². The van der Waals surface area contributed by atoms with E-state index in [1.807, 2.05) is 24.3 Å². The van der Waals surface area contributed by atoms with Gasteiger partial charge in [0.15, 0.2) is 0 Å². The molecule has 0 aliphatic heterocycles. The van der Waals surface area contributed by atoms with Crippen LogP contribution in [0.4, 0.5) is 0 Å². The molecule has 0 heterocycles. The lowest BCUT2D eigenvalue weighted by molar-refractivity contribution is 0.415. The Balaban J connectivity index is 2.68. The summed E-state index contributed by atoms with van der Waals surface area (Å²) in [5, 5.41) is 0.251. The van der Waals surface area contributed by atoms with Gasteiger partial charge < -0.3 is 4.74 Å². The maximum atomic E-state index is 5.06. The van der Waals surface area contributed by atoms with E-state index in [1.165, 1.54) is 0 Å². The highest BCUT2D eigenvalue weighted by Gasteiger charge is 1.91. The molecule has 14 heavy (non-hydrogen) atoms. The molecule has 3 N–H and O–H groups in total. The van der Waals surface area contributed by atoms with Crippen molar-refractivity contribution in [2.75, 3.05) is 7.11 Å². The summed E-state index contributed by atoms with van der Waals surface area (Å²) in [4.78, 5) is 3.90. The van der Waals surface area contributed by atoms with E-state index in [1.54, 1.807) is 13.3 Å². The molecule has 0 spiro atoms. The molecule has 0 aliphatic rings. The van der Waals surface area contributed by atoms with Gasteiger partial charge in [-0.25, -0.2) is 10.8 Å². The molecule has 0 aromatic heterocycles. The van der Waals surface area contributed by atoms with Crippen LogP contribution in [0.2, 0.25) is 0 Å². The third-order valence-electron chi connectivity index (χ3n) is 1.57. The summed E-state index contributed by atoms with van der Waals surface area (Å²) < 4.78 is 5.01. The number of benzene rings is 1. The summed E-state index contributed by atoms with van der Waals surface area (Å²) in [6.07, 6.45) is 1.63. The average molecular weight is 209 g/mol. The minimum Gasteiger partial charge on any atom is -0.497 e. The van der Waals surface area contributed by atoms with Crippen LogP contribution in [0.3, 0.4) is 0 Å². The van der Waals surface area contributed by atoms with Gasteiger partial charge in [0.25, 0.3) is 0 Å². The van der Waals surface area contributed by atoms with Crippen LogP contribution < -0.4 is 16.0 Å². The summed E-state index contributed by atoms with van der Waals surface area (Å²) in [6.45, 7) is 0. The fourth-order valence-electron chi connectivity index (χ4n) is 0.860. The van der Waals surface area contributed by atoms with Crippen molar-refractivity contribution < 1.29 is 4.74 Å². The first-order valence-corrected chi connectivity index (χ1v) is 4.36. The third-order valence-corrected chi connectivity index (χ3v) is 1.79. The van der Waals surface area contributed by atoms with Gasteiger partial charge in [-0.05, 0) is 42.0 Å². The van der Waals surface area contributed by atoms with Crippen LogP contribution in [-0.2, 0) is 0 Å². The fraction of sp³-hybridized carbons (Fsp3) is 0.111. The molecule has 0 unspecified atom stereocenters. The van der Waals surface area contributed by atoms with Crippen LogP contribution in [0.1, 0.15) is 5.56 Å². The van der Waals surface area contributed by atoms with Gasteiger partial charge in [-0.3, -0.25) is 5.43 Å². The maximum Gasteiger partial charge on any atom is 0.207 e. The second-order valence-electron chi connectivity index (χ2n) is 2.48. The number of hydrogen-bond donors (Lipinski definition) is 2. The Morgan fingerprint density at radius 2 is 2.14 bits per heavy atom. The zero-order valence-electron chi connectivity index (χ0n) is 7.73. The Hall–Kier alpha value is -1.46. The highest BCUT2D eigenvalue weighted by atomic mass is 32.1. The molecule has 5 heteroatoms. The third kappa shape index (κ3) is 3.12. The van der Waals surface area contributed by atoms with Gasteiger partial charge in [0.2, 0.25) is 5.11 Å². The van der Waals surface area contributed by atoms with Crippen molar-refractivity contribution in [3.63, 3.8) is 0 Å². The van der Waals surface area contributed by atoms with E-state index in [0.29, 0.717) is 0 Å². The van der Waals surface area contributed by atoms with Crippen LogP contribution in [0.25, 0.3) is 0 Å². The average Bonchev–Trinajstić information content (AvgIpc) is 2.26. The second-order valence-corrected chi connectivity index (χ2v) is 2.87. The lowest BCUT2D eigenvalue weighted by Gasteiger charge is -1.98. The number of thiocarbonyl (C=S) groups is 1. The van der Waals surface area contributed by atoms with E-state index in [2.05, 4.69) is 10.4 Å². The van der Waals surface area contributed by atoms with E-state index >= 15 is 0 Å². The predicted octanol–water partition coefficient (Wildman–Crippen LogP) is 0.862. The standard InChI is InChI=1S/C9H11N3OS/c1-13-8-4-2-7(3-5-8)6-11-9(14)12-10/h2-6H,10H2,1H3,(H,12,14). The minimum absolute atomic E-state index is 0.251. The van der Waals surface area contributed by atoms with E-state index in [9.17, 15) is 0 Å². The molecule has 0 atom stereocenters. The van der Waals surface area contributed by atoms with Crippen molar-refractivity contribution in [1.82, 2.24) is 5.43 Å². The fourth-order valence-corrected chi connectivity index (χ4v) is 0.913. The summed E-state index contributed by atoms with van der Waals surface area (Å²) in [6, 6.07) is 7.45. The van der Waals surface area contributed by atoms with Crippen LogP contribution in [0.15, 0.2) is 29.3 Å². The van der Waals surface area contributed by atoms with Crippen LogP contribution in [0, 0.1) is 0 Å². The van der Waals surface area contributed by atoms with E-state index in [0.717, 1.165) is 11.3 Å². The van der Waals surface area contributed by atoms with Gasteiger partial charge in [0.05, 0.1) is 7.11 Å². The molecule has 0 fully saturated rings. The van der Waals surface area contributed by atoms with Crippen LogP contribution >= 0.6 is 12.2 Å². The van der Waals surface area contributed by atoms with Crippen LogP contribution in [-0.4, -0.2) is 18.4 Å². The smallest absolute Gasteiger partial charge is 0.207 e. The maximum absolute atomic E-state index is 5.06. The first-order chi connectivity index (χ1) is 6.76. The molecule has 0 radical (unpaired) electrons. The molecule has 1 aromatic rings. The highest BCUT2D eigenvalue weighted by Crippen LogP contribution is 2.09. The monoisotopic (exact) mass is 209 g/mol. The number of aliphatic imine (C=N–C) groups is 1. The number of nitrogens with two attached hydrogens (primary N) is 1. The van der Waals surface area contributed by atoms with Crippen molar-refractivity contribution in [2.45, 2.75) is 0 Å². The predicted molar refractivity (Wildman–Crippen MR) is 60.5 cm³/mol. The largest absolute Gasteiger partial charge is 0.497 e. The zero-order chi connectivity index (χ0) is 10.4. The van der Waals surface area contributed by atoms with Gasteiger partial charge in [-0.2, -0.15) is 0 Å². The lowest BCUT2D eigenvalue weighted by atomic mass is 10.2. The molecule has 1 rings (SSSR count). The van der Waals surface area contributed by atoms with E-state index in [-0.39, 0.29) is 5.11 Å². The van der Waals surface area contributed by atoms with Crippen molar-refractivity contribution in [3.05, 3.63) is 29.8 Å². The second kappa shape index (κ2) is 5.31. The van der Waals surface area contributed by atoms with Gasteiger partial charge in [0, 0.05) is 6.21 Å². The molecule has 0 amide bonds. The Morgan fingerprint density at radius 1 is 1.50 bits per heavy atom. The number of ether oxygens (including phenoxy) is 1. The quantitative estimate of drug-likeness (QED) is 0.328. The van der Waals surface area contributed by atoms with Crippen molar-refractivity contribution in [1.29, 1.82) is 0 Å². The summed E-state index contributed by atoms with van der Waals surface area (Å²) in [5.41, 5.74) is 3.20. The van der Waals surface area contributed by atoms with Crippen LogP contribution in [0.5, 0.6) is 5.75 Å². The summed E-state index contributed by atoms with van der Waals surface area (Å²) >= 11 is 4.74. The Labute approximate surface area is 87.8 Å². The molecule has 1 aromatic carbocycles. The zero-order valence-corrected chi connectivity index (χ0v) is 8.54. The van der Waals surface area contributed by atoms with E-state index < -0.39 is 0 Å². The molecule has 0 saturated carbocycles. The topological polar surface area (TPSA) is 59.6 Å². The Morgan fingerprint density at radius 3 is 2.64 bits per heavy atom. The molecular weight excluding hydrogens is 198 g/mol. The van der Waals surface area contributed by atoms with Crippen molar-refractivity contribution in [3.8, 4) is 5.75 Å². The molecule has 0 aliphatic carbocycles. The molecular formula is C9H11N3OS.